The third kappa shape index (κ3) is 4.46. The van der Waals surface area contributed by atoms with E-state index in [-0.39, 0.29) is 6.04 Å². The molecule has 1 aromatic rings. The highest BCUT2D eigenvalue weighted by Gasteiger charge is 2.12. The van der Waals surface area contributed by atoms with Gasteiger partial charge >= 0.3 is 0 Å². The van der Waals surface area contributed by atoms with Gasteiger partial charge in [0.05, 0.1) is 7.11 Å². The van der Waals surface area contributed by atoms with Crippen LogP contribution in [-0.2, 0) is 0 Å². The molecule has 0 aromatic heterocycles. The van der Waals surface area contributed by atoms with Crippen molar-refractivity contribution in [1.82, 2.24) is 5.32 Å². The van der Waals surface area contributed by atoms with Gasteiger partial charge in [-0.15, -0.1) is 0 Å². The minimum Gasteiger partial charge on any atom is -0.493 e. The van der Waals surface area contributed by atoms with Crippen molar-refractivity contribution in [2.45, 2.75) is 39.3 Å². The Hall–Kier alpha value is -1.73. The zero-order valence-corrected chi connectivity index (χ0v) is 12.1. The van der Waals surface area contributed by atoms with Crippen molar-refractivity contribution in [3.63, 3.8) is 0 Å². The van der Waals surface area contributed by atoms with E-state index in [1.54, 1.807) is 14.0 Å². The minimum atomic E-state index is -0.490. The molecule has 4 heteroatoms. The summed E-state index contributed by atoms with van der Waals surface area (Å²) < 4.78 is 10.8. The van der Waals surface area contributed by atoms with E-state index in [2.05, 4.69) is 19.2 Å². The van der Waals surface area contributed by atoms with E-state index in [1.807, 2.05) is 24.3 Å². The molecule has 0 saturated carbocycles. The fourth-order valence-corrected chi connectivity index (χ4v) is 1.75. The molecular weight excluding hydrogens is 240 g/mol. The lowest BCUT2D eigenvalue weighted by Gasteiger charge is -2.17. The van der Waals surface area contributed by atoms with Crippen molar-refractivity contribution in [2.75, 3.05) is 13.7 Å². The molecule has 0 aliphatic carbocycles. The van der Waals surface area contributed by atoms with Gasteiger partial charge in [0.25, 0.3) is 0 Å². The van der Waals surface area contributed by atoms with E-state index in [0.29, 0.717) is 11.5 Å². The van der Waals surface area contributed by atoms with Crippen molar-refractivity contribution >= 4 is 0 Å². The Morgan fingerprint density at radius 2 is 2.05 bits per heavy atom. The van der Waals surface area contributed by atoms with Crippen LogP contribution in [0.25, 0.3) is 0 Å². The molecule has 0 aliphatic rings. The van der Waals surface area contributed by atoms with Gasteiger partial charge in [0, 0.05) is 6.04 Å². The van der Waals surface area contributed by atoms with Crippen molar-refractivity contribution in [3.8, 4) is 17.6 Å². The summed E-state index contributed by atoms with van der Waals surface area (Å²) in [5.74, 6) is 1.26. The molecule has 104 valence electrons. The van der Waals surface area contributed by atoms with E-state index in [9.17, 15) is 0 Å². The van der Waals surface area contributed by atoms with Gasteiger partial charge in [0.15, 0.2) is 17.6 Å². The minimum absolute atomic E-state index is 0.260. The third-order valence-electron chi connectivity index (χ3n) is 2.87. The summed E-state index contributed by atoms with van der Waals surface area (Å²) in [5, 5.41) is 12.2. The lowest BCUT2D eigenvalue weighted by molar-refractivity contribution is 0.260. The number of hydrogen-bond acceptors (Lipinski definition) is 4. The Kier molecular flexibility index (Phi) is 6.17. The molecule has 1 N–H and O–H groups in total. The maximum absolute atomic E-state index is 8.77. The molecular formula is C15H22N2O2. The molecule has 0 heterocycles. The largest absolute Gasteiger partial charge is 0.493 e. The summed E-state index contributed by atoms with van der Waals surface area (Å²) in [4.78, 5) is 0. The number of nitriles is 1. The molecule has 0 radical (unpaired) electrons. The number of methoxy groups -OCH3 is 1. The maximum atomic E-state index is 8.77. The first-order valence-electron chi connectivity index (χ1n) is 6.60. The van der Waals surface area contributed by atoms with Crippen molar-refractivity contribution < 1.29 is 9.47 Å². The Balaban J connectivity index is 2.86. The van der Waals surface area contributed by atoms with Crippen LogP contribution in [0.3, 0.4) is 0 Å². The first-order chi connectivity index (χ1) is 9.12. The van der Waals surface area contributed by atoms with Crippen LogP contribution in [0.1, 0.15) is 38.8 Å². The Morgan fingerprint density at radius 3 is 2.63 bits per heavy atom. The first kappa shape index (κ1) is 15.3. The van der Waals surface area contributed by atoms with Crippen molar-refractivity contribution in [1.29, 1.82) is 5.26 Å². The van der Waals surface area contributed by atoms with Crippen LogP contribution in [0.5, 0.6) is 11.5 Å². The lowest BCUT2D eigenvalue weighted by atomic mass is 10.1. The summed E-state index contributed by atoms with van der Waals surface area (Å²) in [6.07, 6.45) is 0.609. The van der Waals surface area contributed by atoms with E-state index < -0.39 is 6.10 Å². The number of ether oxygens (including phenoxy) is 2. The summed E-state index contributed by atoms with van der Waals surface area (Å²) >= 11 is 0. The van der Waals surface area contributed by atoms with Gasteiger partial charge in [-0.2, -0.15) is 5.26 Å². The molecule has 0 amide bonds. The summed E-state index contributed by atoms with van der Waals surface area (Å²) in [7, 11) is 1.60. The van der Waals surface area contributed by atoms with E-state index in [4.69, 9.17) is 14.7 Å². The molecule has 0 aliphatic heterocycles. The Bertz CT molecular complexity index is 440. The SMILES string of the molecule is CCCNC(C)c1ccc(OC(C)C#N)c(OC)c1. The predicted molar refractivity (Wildman–Crippen MR) is 75.4 cm³/mol. The Morgan fingerprint density at radius 1 is 1.32 bits per heavy atom. The van der Waals surface area contributed by atoms with Gasteiger partial charge in [0.1, 0.15) is 6.07 Å². The van der Waals surface area contributed by atoms with Crippen LogP contribution in [-0.4, -0.2) is 19.8 Å². The van der Waals surface area contributed by atoms with E-state index >= 15 is 0 Å². The molecule has 1 rings (SSSR count). The molecule has 19 heavy (non-hydrogen) atoms. The van der Waals surface area contributed by atoms with Gasteiger partial charge in [0.2, 0.25) is 0 Å². The van der Waals surface area contributed by atoms with Gasteiger partial charge in [-0.05, 0) is 44.5 Å². The van der Waals surface area contributed by atoms with Gasteiger partial charge < -0.3 is 14.8 Å². The normalized spacial score (nSPS) is 13.4. The smallest absolute Gasteiger partial charge is 0.181 e. The van der Waals surface area contributed by atoms with Crippen LogP contribution in [0.2, 0.25) is 0 Å². The van der Waals surface area contributed by atoms with Crippen LogP contribution < -0.4 is 14.8 Å². The van der Waals surface area contributed by atoms with Crippen molar-refractivity contribution in [2.24, 2.45) is 0 Å². The molecule has 4 nitrogen and oxygen atoms in total. The zero-order valence-electron chi connectivity index (χ0n) is 12.1. The van der Waals surface area contributed by atoms with Gasteiger partial charge in [-0.3, -0.25) is 0 Å². The lowest BCUT2D eigenvalue weighted by Crippen LogP contribution is -2.19. The molecule has 2 atom stereocenters. The second kappa shape index (κ2) is 7.65. The summed E-state index contributed by atoms with van der Waals surface area (Å²) in [6, 6.07) is 8.10. The predicted octanol–water partition coefficient (Wildman–Crippen LogP) is 3.05. The molecule has 2 unspecified atom stereocenters. The fourth-order valence-electron chi connectivity index (χ4n) is 1.75. The van der Waals surface area contributed by atoms with Crippen LogP contribution in [0, 0.1) is 11.3 Å². The van der Waals surface area contributed by atoms with Gasteiger partial charge in [-0.25, -0.2) is 0 Å². The molecule has 0 spiro atoms. The highest BCUT2D eigenvalue weighted by molar-refractivity contribution is 5.44. The Labute approximate surface area is 115 Å². The zero-order chi connectivity index (χ0) is 14.3. The standard InChI is InChI=1S/C15H22N2O2/c1-5-8-17-12(3)13-6-7-14(15(9-13)18-4)19-11(2)10-16/h6-7,9,11-12,17H,5,8H2,1-4H3. The quantitative estimate of drug-likeness (QED) is 0.820. The van der Waals surface area contributed by atoms with E-state index in [0.717, 1.165) is 18.5 Å². The van der Waals surface area contributed by atoms with Crippen LogP contribution in [0.4, 0.5) is 0 Å². The second-order valence-corrected chi connectivity index (χ2v) is 4.48. The molecule has 1 aromatic carbocycles. The number of nitrogens with one attached hydrogen (secondary N) is 1. The highest BCUT2D eigenvalue weighted by atomic mass is 16.5. The third-order valence-corrected chi connectivity index (χ3v) is 2.87. The maximum Gasteiger partial charge on any atom is 0.181 e. The number of rotatable bonds is 7. The second-order valence-electron chi connectivity index (χ2n) is 4.48. The topological polar surface area (TPSA) is 54.3 Å². The van der Waals surface area contributed by atoms with Crippen LogP contribution in [0.15, 0.2) is 18.2 Å². The number of benzene rings is 1. The van der Waals surface area contributed by atoms with E-state index in [1.165, 1.54) is 0 Å². The average Bonchev–Trinajstić information content (AvgIpc) is 2.44. The monoisotopic (exact) mass is 262 g/mol. The van der Waals surface area contributed by atoms with Gasteiger partial charge in [-0.1, -0.05) is 13.0 Å². The highest BCUT2D eigenvalue weighted by Crippen LogP contribution is 2.30. The van der Waals surface area contributed by atoms with Crippen molar-refractivity contribution in [3.05, 3.63) is 23.8 Å². The number of nitrogens with zero attached hydrogens (tertiary/aromatic N) is 1. The number of hydrogen-bond donors (Lipinski definition) is 1. The first-order valence-corrected chi connectivity index (χ1v) is 6.60. The molecule has 0 saturated heterocycles. The van der Waals surface area contributed by atoms with Crippen LogP contribution >= 0.6 is 0 Å². The average molecular weight is 262 g/mol. The summed E-state index contributed by atoms with van der Waals surface area (Å²) in [5.41, 5.74) is 1.14. The summed E-state index contributed by atoms with van der Waals surface area (Å²) in [6.45, 7) is 6.94. The molecule has 0 bridgehead atoms. The fraction of sp³-hybridized carbons (Fsp3) is 0.533. The molecule has 0 fully saturated rings.